The average Bonchev–Trinajstić information content (AvgIpc) is 3.10. The van der Waals surface area contributed by atoms with E-state index in [0.717, 1.165) is 12.1 Å². The quantitative estimate of drug-likeness (QED) is 0.508. The molecule has 8 nitrogen and oxygen atoms in total. The Balaban J connectivity index is 1.90. The molecule has 1 amide bonds. The van der Waals surface area contributed by atoms with Gasteiger partial charge >= 0.3 is 6.18 Å². The predicted molar refractivity (Wildman–Crippen MR) is 112 cm³/mol. The van der Waals surface area contributed by atoms with Crippen LogP contribution >= 0.6 is 0 Å². The molecule has 0 saturated heterocycles. The van der Waals surface area contributed by atoms with E-state index in [1.165, 1.54) is 4.68 Å². The first-order valence-electron chi connectivity index (χ1n) is 9.69. The molecule has 11 heteroatoms. The van der Waals surface area contributed by atoms with E-state index < -0.39 is 17.6 Å². The summed E-state index contributed by atoms with van der Waals surface area (Å²) < 4.78 is 50.3. The second-order valence-corrected chi connectivity index (χ2v) is 6.67. The Morgan fingerprint density at radius 1 is 1.19 bits per heavy atom. The molecule has 0 bridgehead atoms. The third-order valence-corrected chi connectivity index (χ3v) is 4.53. The number of anilines is 2. The number of methoxy groups -OCH3 is 1. The second kappa shape index (κ2) is 9.69. The topological polar surface area (TPSA) is 104 Å². The van der Waals surface area contributed by atoms with Gasteiger partial charge < -0.3 is 20.5 Å². The number of benzene rings is 1. The fraction of sp³-hybridized carbons (Fsp3) is 0.286. The average molecular weight is 449 g/mol. The molecule has 170 valence electrons. The van der Waals surface area contributed by atoms with Crippen molar-refractivity contribution in [1.82, 2.24) is 14.8 Å². The van der Waals surface area contributed by atoms with Gasteiger partial charge in [-0.1, -0.05) is 19.1 Å². The summed E-state index contributed by atoms with van der Waals surface area (Å²) in [5, 5.41) is 6.92. The first kappa shape index (κ1) is 23.1. The molecule has 3 rings (SSSR count). The van der Waals surface area contributed by atoms with Crippen LogP contribution < -0.4 is 15.8 Å². The fourth-order valence-corrected chi connectivity index (χ4v) is 2.96. The van der Waals surface area contributed by atoms with Gasteiger partial charge in [0, 0.05) is 13.3 Å². The minimum absolute atomic E-state index is 0.0412. The van der Waals surface area contributed by atoms with Gasteiger partial charge in [0.25, 0.3) is 5.91 Å². The van der Waals surface area contributed by atoms with E-state index >= 15 is 0 Å². The molecule has 3 aromatic rings. The number of nitrogens with one attached hydrogen (secondary N) is 1. The van der Waals surface area contributed by atoms with E-state index in [0.29, 0.717) is 43.0 Å². The molecule has 2 aromatic heterocycles. The minimum Gasteiger partial charge on any atom is -0.489 e. The van der Waals surface area contributed by atoms with Gasteiger partial charge in [0.05, 0.1) is 17.9 Å². The highest BCUT2D eigenvalue weighted by atomic mass is 19.4. The van der Waals surface area contributed by atoms with Crippen molar-refractivity contribution in [2.75, 3.05) is 31.4 Å². The van der Waals surface area contributed by atoms with Crippen molar-refractivity contribution in [3.8, 4) is 11.4 Å². The number of halogens is 3. The van der Waals surface area contributed by atoms with Crippen molar-refractivity contribution < 1.29 is 27.4 Å². The summed E-state index contributed by atoms with van der Waals surface area (Å²) >= 11 is 0. The van der Waals surface area contributed by atoms with E-state index in [-0.39, 0.29) is 17.2 Å². The summed E-state index contributed by atoms with van der Waals surface area (Å²) in [6.07, 6.45) is -3.47. The number of ether oxygens (including phenoxy) is 2. The number of amides is 1. The zero-order valence-electron chi connectivity index (χ0n) is 17.4. The van der Waals surface area contributed by atoms with Gasteiger partial charge in [-0.3, -0.25) is 4.79 Å². The Bertz CT molecular complexity index is 1080. The number of nitrogen functional groups attached to an aromatic ring is 1. The lowest BCUT2D eigenvalue weighted by Crippen LogP contribution is -2.17. The molecular formula is C21H22F3N5O3. The molecule has 0 unspecified atom stereocenters. The molecule has 0 spiro atoms. The standard InChI is InChI=1S/C21H22F3N5O3/c1-3-14-18(20(30)27-17-9-8-13(12-26-17)21(22,23)24)19(25)29(28-14)15-6-4-5-7-16(15)32-11-10-31-2/h4-9,12H,3,10-11,25H2,1-2H3,(H,26,27,30). The molecule has 0 radical (unpaired) electrons. The Hall–Kier alpha value is -3.60. The summed E-state index contributed by atoms with van der Waals surface area (Å²) in [6, 6.07) is 8.95. The summed E-state index contributed by atoms with van der Waals surface area (Å²) in [5.41, 5.74) is 6.40. The number of aryl methyl sites for hydroxylation is 1. The number of alkyl halides is 3. The maximum Gasteiger partial charge on any atom is 0.417 e. The van der Waals surface area contributed by atoms with Gasteiger partial charge in [0.2, 0.25) is 0 Å². The maximum absolute atomic E-state index is 12.9. The highest BCUT2D eigenvalue weighted by Gasteiger charge is 2.31. The molecule has 0 aliphatic rings. The third kappa shape index (κ3) is 4.99. The lowest BCUT2D eigenvalue weighted by Gasteiger charge is -2.12. The van der Waals surface area contributed by atoms with Crippen LogP contribution in [-0.2, 0) is 17.3 Å². The van der Waals surface area contributed by atoms with E-state index in [1.54, 1.807) is 38.3 Å². The Morgan fingerprint density at radius 2 is 1.94 bits per heavy atom. The summed E-state index contributed by atoms with van der Waals surface area (Å²) in [7, 11) is 1.56. The number of hydrogen-bond acceptors (Lipinski definition) is 6. The molecule has 0 aliphatic carbocycles. The predicted octanol–water partition coefficient (Wildman–Crippen LogP) is 3.71. The molecule has 0 aliphatic heterocycles. The number of aromatic nitrogens is 3. The maximum atomic E-state index is 12.9. The molecule has 0 saturated carbocycles. The number of rotatable bonds is 8. The van der Waals surface area contributed by atoms with Crippen LogP contribution in [0.25, 0.3) is 5.69 Å². The number of hydrogen-bond donors (Lipinski definition) is 2. The highest BCUT2D eigenvalue weighted by Crippen LogP contribution is 2.30. The SMILES string of the molecule is CCc1nn(-c2ccccc2OCCOC)c(N)c1C(=O)Nc1ccc(C(F)(F)F)cn1. The molecule has 2 heterocycles. The van der Waals surface area contributed by atoms with Crippen molar-refractivity contribution >= 4 is 17.5 Å². The Morgan fingerprint density at radius 3 is 2.56 bits per heavy atom. The lowest BCUT2D eigenvalue weighted by atomic mass is 10.1. The van der Waals surface area contributed by atoms with Gasteiger partial charge in [-0.25, -0.2) is 9.67 Å². The van der Waals surface area contributed by atoms with Gasteiger partial charge in [-0.2, -0.15) is 18.3 Å². The Labute approximate surface area is 182 Å². The van der Waals surface area contributed by atoms with Crippen LogP contribution in [0, 0.1) is 0 Å². The molecule has 3 N–H and O–H groups in total. The zero-order valence-corrected chi connectivity index (χ0v) is 17.4. The van der Waals surface area contributed by atoms with Crippen LogP contribution in [0.2, 0.25) is 0 Å². The third-order valence-electron chi connectivity index (χ3n) is 4.53. The number of carbonyl (C=O) groups is 1. The van der Waals surface area contributed by atoms with E-state index in [1.807, 2.05) is 0 Å². The summed E-state index contributed by atoms with van der Waals surface area (Å²) in [4.78, 5) is 16.5. The van der Waals surface area contributed by atoms with Crippen LogP contribution in [0.3, 0.4) is 0 Å². The van der Waals surface area contributed by atoms with Crippen LogP contribution in [-0.4, -0.2) is 41.0 Å². The number of pyridine rings is 1. The smallest absolute Gasteiger partial charge is 0.417 e. The van der Waals surface area contributed by atoms with E-state index in [2.05, 4.69) is 15.4 Å². The fourth-order valence-electron chi connectivity index (χ4n) is 2.96. The summed E-state index contributed by atoms with van der Waals surface area (Å²) in [6.45, 7) is 2.50. The minimum atomic E-state index is -4.52. The lowest BCUT2D eigenvalue weighted by molar-refractivity contribution is -0.137. The number of carbonyl (C=O) groups excluding carboxylic acids is 1. The first-order chi connectivity index (χ1) is 15.3. The zero-order chi connectivity index (χ0) is 23.3. The number of nitrogens with two attached hydrogens (primary N) is 1. The summed E-state index contributed by atoms with van der Waals surface area (Å²) in [5.74, 6) is -0.108. The molecule has 1 aromatic carbocycles. The molecule has 32 heavy (non-hydrogen) atoms. The molecule has 0 atom stereocenters. The van der Waals surface area contributed by atoms with Crippen molar-refractivity contribution in [3.63, 3.8) is 0 Å². The van der Waals surface area contributed by atoms with Crippen LogP contribution in [0.5, 0.6) is 5.75 Å². The van der Waals surface area contributed by atoms with Gasteiger partial charge in [0.1, 0.15) is 35.2 Å². The van der Waals surface area contributed by atoms with Gasteiger partial charge in [-0.05, 0) is 30.7 Å². The van der Waals surface area contributed by atoms with Crippen molar-refractivity contribution in [1.29, 1.82) is 0 Å². The molecular weight excluding hydrogens is 427 g/mol. The van der Waals surface area contributed by atoms with Gasteiger partial charge in [0.15, 0.2) is 0 Å². The molecule has 0 fully saturated rings. The van der Waals surface area contributed by atoms with E-state index in [9.17, 15) is 18.0 Å². The largest absolute Gasteiger partial charge is 0.489 e. The van der Waals surface area contributed by atoms with E-state index in [4.69, 9.17) is 15.2 Å². The Kier molecular flexibility index (Phi) is 6.98. The van der Waals surface area contributed by atoms with Crippen molar-refractivity contribution in [3.05, 3.63) is 59.4 Å². The highest BCUT2D eigenvalue weighted by molar-refractivity contribution is 6.08. The van der Waals surface area contributed by atoms with Crippen molar-refractivity contribution in [2.24, 2.45) is 0 Å². The van der Waals surface area contributed by atoms with Crippen molar-refractivity contribution in [2.45, 2.75) is 19.5 Å². The second-order valence-electron chi connectivity index (χ2n) is 6.67. The number of para-hydroxylation sites is 2. The van der Waals surface area contributed by atoms with Crippen LogP contribution in [0.4, 0.5) is 24.8 Å². The first-order valence-corrected chi connectivity index (χ1v) is 9.69. The van der Waals surface area contributed by atoms with Crippen LogP contribution in [0.15, 0.2) is 42.6 Å². The van der Waals surface area contributed by atoms with Gasteiger partial charge in [-0.15, -0.1) is 0 Å². The normalized spacial score (nSPS) is 11.4. The monoisotopic (exact) mass is 449 g/mol. The number of nitrogens with zero attached hydrogens (tertiary/aromatic N) is 3. The van der Waals surface area contributed by atoms with Crippen LogP contribution in [0.1, 0.15) is 28.5 Å².